The van der Waals surface area contributed by atoms with Crippen molar-refractivity contribution in [3.63, 3.8) is 0 Å². The summed E-state index contributed by atoms with van der Waals surface area (Å²) in [6.45, 7) is 1.99. The second-order valence-electron chi connectivity index (χ2n) is 4.14. The van der Waals surface area contributed by atoms with Gasteiger partial charge in [0.25, 0.3) is 0 Å². The Balaban J connectivity index is 2.35. The third kappa shape index (κ3) is 2.80. The lowest BCUT2D eigenvalue weighted by atomic mass is 10.2. The molecule has 19 heavy (non-hydrogen) atoms. The van der Waals surface area contributed by atoms with Crippen LogP contribution in [0.15, 0.2) is 30.3 Å². The topological polar surface area (TPSA) is 78.8 Å². The predicted octanol–water partition coefficient (Wildman–Crippen LogP) is 2.26. The Bertz CT molecular complexity index is 613. The Morgan fingerprint density at radius 2 is 1.95 bits per heavy atom. The van der Waals surface area contributed by atoms with Crippen LogP contribution in [-0.2, 0) is 6.42 Å². The maximum atomic E-state index is 8.79. The van der Waals surface area contributed by atoms with Crippen molar-refractivity contribution < 1.29 is 0 Å². The standard InChI is InChI=1S/C14H15N5/c1-3-13-17-12(16)8-14(18-13)19(2)11-6-4-10(9-15)5-7-11/h4-8H,3H2,1-2H3,(H2,16,17,18). The van der Waals surface area contributed by atoms with Crippen LogP contribution in [0.4, 0.5) is 17.3 Å². The minimum Gasteiger partial charge on any atom is -0.384 e. The normalized spacial score (nSPS) is 9.95. The van der Waals surface area contributed by atoms with Gasteiger partial charge in [0, 0.05) is 25.2 Å². The fourth-order valence-corrected chi connectivity index (χ4v) is 1.72. The predicted molar refractivity (Wildman–Crippen MR) is 75.0 cm³/mol. The van der Waals surface area contributed by atoms with E-state index in [2.05, 4.69) is 16.0 Å². The van der Waals surface area contributed by atoms with Crippen molar-refractivity contribution in [2.75, 3.05) is 17.7 Å². The van der Waals surface area contributed by atoms with Crippen molar-refractivity contribution in [3.8, 4) is 6.07 Å². The van der Waals surface area contributed by atoms with Crippen molar-refractivity contribution in [2.24, 2.45) is 0 Å². The van der Waals surface area contributed by atoms with Gasteiger partial charge in [-0.25, -0.2) is 9.97 Å². The van der Waals surface area contributed by atoms with E-state index in [-0.39, 0.29) is 0 Å². The number of aromatic nitrogens is 2. The molecule has 2 aromatic rings. The molecule has 1 heterocycles. The van der Waals surface area contributed by atoms with Gasteiger partial charge in [0.2, 0.25) is 0 Å². The van der Waals surface area contributed by atoms with E-state index in [1.165, 1.54) is 0 Å². The van der Waals surface area contributed by atoms with E-state index < -0.39 is 0 Å². The number of nitrogen functional groups attached to an aromatic ring is 1. The first-order valence-electron chi connectivity index (χ1n) is 6.01. The molecule has 0 radical (unpaired) electrons. The number of anilines is 3. The van der Waals surface area contributed by atoms with E-state index in [1.54, 1.807) is 18.2 Å². The van der Waals surface area contributed by atoms with Gasteiger partial charge < -0.3 is 10.6 Å². The first-order valence-corrected chi connectivity index (χ1v) is 6.01. The quantitative estimate of drug-likeness (QED) is 0.907. The minimum atomic E-state index is 0.461. The van der Waals surface area contributed by atoms with Crippen LogP contribution >= 0.6 is 0 Å². The maximum Gasteiger partial charge on any atom is 0.138 e. The van der Waals surface area contributed by atoms with Crippen LogP contribution in [0.5, 0.6) is 0 Å². The second-order valence-corrected chi connectivity index (χ2v) is 4.14. The Hall–Kier alpha value is -2.61. The largest absolute Gasteiger partial charge is 0.384 e. The van der Waals surface area contributed by atoms with Gasteiger partial charge in [-0.1, -0.05) is 6.92 Å². The summed E-state index contributed by atoms with van der Waals surface area (Å²) in [6.07, 6.45) is 0.735. The Kier molecular flexibility index (Phi) is 3.62. The molecule has 0 aliphatic carbocycles. The number of aryl methyl sites for hydroxylation is 1. The first kappa shape index (κ1) is 12.8. The number of nitrogens with two attached hydrogens (primary N) is 1. The average molecular weight is 253 g/mol. The second kappa shape index (κ2) is 5.36. The molecule has 0 saturated carbocycles. The molecule has 0 spiro atoms. The van der Waals surface area contributed by atoms with Crippen LogP contribution in [0.1, 0.15) is 18.3 Å². The zero-order chi connectivity index (χ0) is 13.8. The number of rotatable bonds is 3. The molecule has 0 bridgehead atoms. The molecular weight excluding hydrogens is 238 g/mol. The molecule has 0 aliphatic heterocycles. The molecule has 5 heteroatoms. The van der Waals surface area contributed by atoms with Gasteiger partial charge in [0.1, 0.15) is 17.5 Å². The monoisotopic (exact) mass is 253 g/mol. The van der Waals surface area contributed by atoms with Gasteiger partial charge in [-0.2, -0.15) is 5.26 Å². The van der Waals surface area contributed by atoms with E-state index in [0.29, 0.717) is 11.4 Å². The van der Waals surface area contributed by atoms with E-state index in [9.17, 15) is 0 Å². The lowest BCUT2D eigenvalue weighted by molar-refractivity contribution is 0.931. The van der Waals surface area contributed by atoms with Gasteiger partial charge in [-0.3, -0.25) is 0 Å². The Labute approximate surface area is 112 Å². The van der Waals surface area contributed by atoms with Gasteiger partial charge in [0.05, 0.1) is 11.6 Å². The highest BCUT2D eigenvalue weighted by molar-refractivity contribution is 5.62. The molecule has 96 valence electrons. The smallest absolute Gasteiger partial charge is 0.138 e. The fourth-order valence-electron chi connectivity index (χ4n) is 1.72. The Morgan fingerprint density at radius 1 is 1.26 bits per heavy atom. The molecule has 0 aliphatic rings. The summed E-state index contributed by atoms with van der Waals surface area (Å²) >= 11 is 0. The number of nitriles is 1. The van der Waals surface area contributed by atoms with Gasteiger partial charge >= 0.3 is 0 Å². The molecule has 1 aromatic carbocycles. The van der Waals surface area contributed by atoms with Crippen LogP contribution in [-0.4, -0.2) is 17.0 Å². The van der Waals surface area contributed by atoms with Crippen LogP contribution in [0.25, 0.3) is 0 Å². The van der Waals surface area contributed by atoms with Crippen LogP contribution in [0, 0.1) is 11.3 Å². The molecule has 0 saturated heterocycles. The van der Waals surface area contributed by atoms with Crippen molar-refractivity contribution in [1.82, 2.24) is 9.97 Å². The van der Waals surface area contributed by atoms with E-state index in [1.807, 2.05) is 31.0 Å². The van der Waals surface area contributed by atoms with Crippen LogP contribution in [0.3, 0.4) is 0 Å². The average Bonchev–Trinajstić information content (AvgIpc) is 2.46. The van der Waals surface area contributed by atoms with Crippen molar-refractivity contribution in [2.45, 2.75) is 13.3 Å². The molecule has 5 nitrogen and oxygen atoms in total. The van der Waals surface area contributed by atoms with Crippen molar-refractivity contribution in [3.05, 3.63) is 41.7 Å². The fraction of sp³-hybridized carbons (Fsp3) is 0.214. The first-order chi connectivity index (χ1) is 9.13. The zero-order valence-electron chi connectivity index (χ0n) is 11.0. The molecule has 0 amide bonds. The summed E-state index contributed by atoms with van der Waals surface area (Å²) in [6, 6.07) is 11.1. The lowest BCUT2D eigenvalue weighted by Crippen LogP contribution is -2.13. The summed E-state index contributed by atoms with van der Waals surface area (Å²) in [5.41, 5.74) is 7.35. The molecule has 2 N–H and O–H groups in total. The molecule has 1 aromatic heterocycles. The van der Waals surface area contributed by atoms with E-state index >= 15 is 0 Å². The lowest BCUT2D eigenvalue weighted by Gasteiger charge is -2.19. The zero-order valence-corrected chi connectivity index (χ0v) is 11.0. The molecular formula is C14H15N5. The third-order valence-electron chi connectivity index (χ3n) is 2.82. The summed E-state index contributed by atoms with van der Waals surface area (Å²) in [7, 11) is 1.91. The third-order valence-corrected chi connectivity index (χ3v) is 2.82. The van der Waals surface area contributed by atoms with Crippen LogP contribution in [0.2, 0.25) is 0 Å². The van der Waals surface area contributed by atoms with Crippen molar-refractivity contribution in [1.29, 1.82) is 5.26 Å². The summed E-state index contributed by atoms with van der Waals surface area (Å²) < 4.78 is 0. The van der Waals surface area contributed by atoms with E-state index in [4.69, 9.17) is 11.0 Å². The Morgan fingerprint density at radius 3 is 2.53 bits per heavy atom. The highest BCUT2D eigenvalue weighted by atomic mass is 15.2. The van der Waals surface area contributed by atoms with E-state index in [0.717, 1.165) is 23.8 Å². The van der Waals surface area contributed by atoms with Gasteiger partial charge in [-0.05, 0) is 24.3 Å². The number of benzene rings is 1. The highest BCUT2D eigenvalue weighted by Crippen LogP contribution is 2.23. The molecule has 0 unspecified atom stereocenters. The van der Waals surface area contributed by atoms with Crippen molar-refractivity contribution >= 4 is 17.3 Å². The molecule has 0 fully saturated rings. The maximum absolute atomic E-state index is 8.79. The summed E-state index contributed by atoms with van der Waals surface area (Å²) in [4.78, 5) is 10.5. The number of hydrogen-bond donors (Lipinski definition) is 1. The van der Waals surface area contributed by atoms with Gasteiger partial charge in [-0.15, -0.1) is 0 Å². The number of nitrogens with zero attached hydrogens (tertiary/aromatic N) is 4. The highest BCUT2D eigenvalue weighted by Gasteiger charge is 2.08. The van der Waals surface area contributed by atoms with Crippen LogP contribution < -0.4 is 10.6 Å². The number of hydrogen-bond acceptors (Lipinski definition) is 5. The van der Waals surface area contributed by atoms with Gasteiger partial charge in [0.15, 0.2) is 0 Å². The molecule has 0 atom stereocenters. The minimum absolute atomic E-state index is 0.461. The SMILES string of the molecule is CCc1nc(N)cc(N(C)c2ccc(C#N)cc2)n1. The summed E-state index contributed by atoms with van der Waals surface area (Å²) in [5, 5.41) is 8.79. The summed E-state index contributed by atoms with van der Waals surface area (Å²) in [5.74, 6) is 1.92. The molecule has 2 rings (SSSR count).